The third-order valence-corrected chi connectivity index (χ3v) is 7.62. The molecule has 210 valence electrons. The number of rotatable bonds is 6. The zero-order valence-corrected chi connectivity index (χ0v) is 24.8. The van der Waals surface area contributed by atoms with Gasteiger partial charge in [-0.15, -0.1) is 0 Å². The van der Waals surface area contributed by atoms with Crippen LogP contribution in [0.25, 0.3) is 50.5 Å². The second-order valence-corrected chi connectivity index (χ2v) is 12.4. The smallest absolute Gasteiger partial charge is 0.258 e. The number of H-pyrrole nitrogens is 1. The quantitative estimate of drug-likeness (QED) is 0.225. The molecule has 3 aromatic carbocycles. The summed E-state index contributed by atoms with van der Waals surface area (Å²) in [7, 11) is 0. The van der Waals surface area contributed by atoms with Crippen molar-refractivity contribution in [3.8, 4) is 39.5 Å². The first kappa shape index (κ1) is 27.4. The Balaban J connectivity index is 1.64. The first-order chi connectivity index (χ1) is 20.2. The third-order valence-electron chi connectivity index (χ3n) is 7.62. The lowest BCUT2D eigenvalue weighted by atomic mass is 9.87. The van der Waals surface area contributed by atoms with Crippen molar-refractivity contribution in [3.05, 3.63) is 125 Å². The largest absolute Gasteiger partial charge is 0.328 e. The molecule has 0 fully saturated rings. The molecule has 3 heterocycles. The molecule has 42 heavy (non-hydrogen) atoms. The fourth-order valence-electron chi connectivity index (χ4n) is 5.55. The van der Waals surface area contributed by atoms with Gasteiger partial charge in [0.15, 0.2) is 5.82 Å². The van der Waals surface area contributed by atoms with E-state index in [1.165, 1.54) is 5.56 Å². The maximum atomic E-state index is 13.3. The molecule has 1 N–H and O–H groups in total. The van der Waals surface area contributed by atoms with Crippen molar-refractivity contribution in [2.75, 3.05) is 0 Å². The van der Waals surface area contributed by atoms with Gasteiger partial charge in [0.05, 0.1) is 22.3 Å². The molecular formula is C37H36N4O. The Labute approximate surface area is 247 Å². The fourth-order valence-corrected chi connectivity index (χ4v) is 5.55. The molecule has 0 aliphatic rings. The minimum absolute atomic E-state index is 0.133. The summed E-state index contributed by atoms with van der Waals surface area (Å²) in [6.45, 7) is 10.9. The van der Waals surface area contributed by atoms with Crippen LogP contribution in [0.5, 0.6) is 0 Å². The van der Waals surface area contributed by atoms with Crippen molar-refractivity contribution in [2.24, 2.45) is 5.92 Å². The van der Waals surface area contributed by atoms with Crippen LogP contribution in [0.2, 0.25) is 0 Å². The summed E-state index contributed by atoms with van der Waals surface area (Å²) in [5.74, 6) is 1.14. The number of para-hydroxylation sites is 2. The van der Waals surface area contributed by atoms with Gasteiger partial charge in [-0.2, -0.15) is 0 Å². The summed E-state index contributed by atoms with van der Waals surface area (Å²) in [4.78, 5) is 26.2. The van der Waals surface area contributed by atoms with E-state index in [0.29, 0.717) is 17.3 Å². The monoisotopic (exact) mass is 552 g/mol. The lowest BCUT2D eigenvalue weighted by Crippen LogP contribution is -2.18. The second kappa shape index (κ2) is 10.9. The zero-order chi connectivity index (χ0) is 29.4. The second-order valence-electron chi connectivity index (χ2n) is 12.4. The summed E-state index contributed by atoms with van der Waals surface area (Å²) >= 11 is 0. The van der Waals surface area contributed by atoms with E-state index in [9.17, 15) is 4.79 Å². The van der Waals surface area contributed by atoms with Crippen LogP contribution in [-0.2, 0) is 11.8 Å². The van der Waals surface area contributed by atoms with Gasteiger partial charge < -0.3 is 4.98 Å². The van der Waals surface area contributed by atoms with Gasteiger partial charge >= 0.3 is 0 Å². The minimum Gasteiger partial charge on any atom is -0.328 e. The van der Waals surface area contributed by atoms with Crippen LogP contribution in [0.15, 0.2) is 108 Å². The van der Waals surface area contributed by atoms with E-state index in [1.54, 1.807) is 0 Å². The van der Waals surface area contributed by atoms with Crippen LogP contribution in [0.4, 0.5) is 0 Å². The Kier molecular flexibility index (Phi) is 7.11. The lowest BCUT2D eigenvalue weighted by molar-refractivity contribution is 0.587. The average Bonchev–Trinajstić information content (AvgIpc) is 3.37. The Hall–Kier alpha value is -4.77. The van der Waals surface area contributed by atoms with Gasteiger partial charge in [-0.25, -0.2) is 4.98 Å². The predicted octanol–water partition coefficient (Wildman–Crippen LogP) is 8.61. The molecule has 3 aromatic heterocycles. The van der Waals surface area contributed by atoms with Crippen LogP contribution >= 0.6 is 0 Å². The number of aromatic nitrogens is 4. The number of fused-ring (bicyclic) bond motifs is 1. The van der Waals surface area contributed by atoms with Gasteiger partial charge in [0, 0.05) is 29.2 Å². The molecule has 0 bridgehead atoms. The average molecular weight is 553 g/mol. The zero-order valence-electron chi connectivity index (χ0n) is 24.8. The Bertz CT molecular complexity index is 1930. The first-order valence-corrected chi connectivity index (χ1v) is 14.6. The van der Waals surface area contributed by atoms with Gasteiger partial charge in [0.1, 0.15) is 0 Å². The predicted molar refractivity (Wildman–Crippen MR) is 173 cm³/mol. The van der Waals surface area contributed by atoms with Crippen LogP contribution in [0, 0.1) is 5.92 Å². The van der Waals surface area contributed by atoms with Gasteiger partial charge in [0.2, 0.25) is 0 Å². The number of imidazole rings is 1. The minimum atomic E-state index is -0.159. The molecular weight excluding hydrogens is 516 g/mol. The molecule has 0 aliphatic carbocycles. The van der Waals surface area contributed by atoms with Crippen molar-refractivity contribution in [3.63, 3.8) is 0 Å². The molecule has 6 rings (SSSR count). The van der Waals surface area contributed by atoms with Crippen LogP contribution < -0.4 is 5.56 Å². The van der Waals surface area contributed by atoms with E-state index < -0.39 is 0 Å². The lowest BCUT2D eigenvalue weighted by Gasteiger charge is -2.19. The fraction of sp³-hybridized carbons (Fsp3) is 0.216. The summed E-state index contributed by atoms with van der Waals surface area (Å²) in [5, 5.41) is 0. The number of nitrogens with one attached hydrogen (secondary N) is 1. The highest BCUT2D eigenvalue weighted by atomic mass is 16.1. The van der Waals surface area contributed by atoms with Gasteiger partial charge in [-0.1, -0.05) is 77.1 Å². The SMILES string of the molecule is CC(C)Cc1cc(-c2ccccn2)cc(-c2cccc3c2nc(-c2cc(C(C)(C)C)c[nH]c2=O)n3-c2ccccc2)c1. The molecule has 0 unspecified atom stereocenters. The van der Waals surface area contributed by atoms with Crippen LogP contribution in [-0.4, -0.2) is 19.5 Å². The maximum Gasteiger partial charge on any atom is 0.258 e. The topological polar surface area (TPSA) is 63.6 Å². The van der Waals surface area contributed by atoms with E-state index >= 15 is 0 Å². The highest BCUT2D eigenvalue weighted by molar-refractivity contribution is 5.96. The number of nitrogens with zero attached hydrogens (tertiary/aromatic N) is 3. The summed E-state index contributed by atoms with van der Waals surface area (Å²) in [5.41, 5.74) is 9.45. The Morgan fingerprint density at radius 2 is 1.60 bits per heavy atom. The number of pyridine rings is 2. The van der Waals surface area contributed by atoms with Crippen molar-refractivity contribution in [1.29, 1.82) is 0 Å². The molecule has 5 heteroatoms. The van der Waals surface area contributed by atoms with Gasteiger partial charge in [-0.3, -0.25) is 14.3 Å². The summed E-state index contributed by atoms with van der Waals surface area (Å²) in [6, 6.07) is 31.2. The van der Waals surface area contributed by atoms with Crippen LogP contribution in [0.3, 0.4) is 0 Å². The van der Waals surface area contributed by atoms with E-state index in [4.69, 9.17) is 4.98 Å². The van der Waals surface area contributed by atoms with E-state index in [-0.39, 0.29) is 11.0 Å². The standard InChI is InChI=1S/C37H36N4O/c1-24(2)18-25-19-26(21-27(20-25)32-15-9-10-17-38-32)30-14-11-16-33-34(30)40-35(41(33)29-12-7-6-8-13-29)31-22-28(37(3,4)5)23-39-36(31)42/h6-17,19-24H,18H2,1-5H3,(H,39,42). The molecule has 0 amide bonds. The number of benzene rings is 3. The highest BCUT2D eigenvalue weighted by Gasteiger charge is 2.22. The molecule has 0 radical (unpaired) electrons. The van der Waals surface area contributed by atoms with E-state index in [0.717, 1.165) is 51.1 Å². The van der Waals surface area contributed by atoms with Crippen molar-refractivity contribution >= 4 is 11.0 Å². The molecule has 0 atom stereocenters. The van der Waals surface area contributed by atoms with Gasteiger partial charge in [0.25, 0.3) is 5.56 Å². The highest BCUT2D eigenvalue weighted by Crippen LogP contribution is 2.36. The Morgan fingerprint density at radius 3 is 2.31 bits per heavy atom. The van der Waals surface area contributed by atoms with Crippen molar-refractivity contribution < 1.29 is 0 Å². The molecule has 0 saturated heterocycles. The molecule has 6 aromatic rings. The number of hydrogen-bond acceptors (Lipinski definition) is 3. The van der Waals surface area contributed by atoms with Crippen molar-refractivity contribution in [1.82, 2.24) is 19.5 Å². The van der Waals surface area contributed by atoms with Gasteiger partial charge in [-0.05, 0) is 83.0 Å². The number of aromatic amines is 1. The van der Waals surface area contributed by atoms with Crippen molar-refractivity contribution in [2.45, 2.75) is 46.5 Å². The van der Waals surface area contributed by atoms with E-state index in [2.05, 4.69) is 104 Å². The normalized spacial score (nSPS) is 11.9. The molecule has 5 nitrogen and oxygen atoms in total. The third kappa shape index (κ3) is 5.30. The first-order valence-electron chi connectivity index (χ1n) is 14.6. The van der Waals surface area contributed by atoms with Crippen LogP contribution in [0.1, 0.15) is 45.7 Å². The summed E-state index contributed by atoms with van der Waals surface area (Å²) in [6.07, 6.45) is 4.61. The molecule has 0 spiro atoms. The Morgan fingerprint density at radius 1 is 0.833 bits per heavy atom. The summed E-state index contributed by atoms with van der Waals surface area (Å²) < 4.78 is 2.10. The van der Waals surface area contributed by atoms with E-state index in [1.807, 2.05) is 48.8 Å². The number of hydrogen-bond donors (Lipinski definition) is 1. The molecule has 0 saturated carbocycles. The maximum absolute atomic E-state index is 13.3. The molecule has 0 aliphatic heterocycles.